The molecule has 0 saturated carbocycles. The molecule has 21 nitrogen and oxygen atoms in total. The lowest BCUT2D eigenvalue weighted by molar-refractivity contribution is -0.351. The van der Waals surface area contributed by atoms with E-state index < -0.39 is 134 Å². The average molecular weight is 873 g/mol. The van der Waals surface area contributed by atoms with E-state index in [1.54, 1.807) is 36.4 Å². The van der Waals surface area contributed by atoms with E-state index in [1.165, 1.54) is 24.3 Å². The standard InChI is InChI=1S/C41H44O21/c1-20(42)53-27-17-28(38(49)50-6)58-41(33(27)56-23(4)45)62-35-31(55-22(3)44)29(54-21(2)43)18-52-40(35)59-30-19-51-39(57-24(5)46)34(61-37(48)26-15-11-8-12-16-26)32(30)60-36(47)25-13-9-7-10-14-25/h7-17,27,29-35,39-41H,18-19H2,1-6H3/t27-,29+,30+,31-,32-,33+,34+,35+,39-,40-,41+/m0/s1. The minimum absolute atomic E-state index is 0.0620. The molecule has 2 saturated heterocycles. The Hall–Kier alpha value is -6.42. The van der Waals surface area contributed by atoms with E-state index in [2.05, 4.69) is 0 Å². The zero-order valence-electron chi connectivity index (χ0n) is 34.2. The Kier molecular flexibility index (Phi) is 16.1. The Morgan fingerprint density at radius 3 is 1.48 bits per heavy atom. The van der Waals surface area contributed by atoms with Gasteiger partial charge < -0.3 is 61.6 Å². The first-order valence-electron chi connectivity index (χ1n) is 18.9. The first kappa shape index (κ1) is 46.6. The minimum atomic E-state index is -1.92. The van der Waals surface area contributed by atoms with Gasteiger partial charge in [0.2, 0.25) is 30.5 Å². The molecule has 334 valence electrons. The van der Waals surface area contributed by atoms with Crippen molar-refractivity contribution in [2.45, 2.75) is 102 Å². The summed E-state index contributed by atoms with van der Waals surface area (Å²) < 4.78 is 74.1. The second-order valence-corrected chi connectivity index (χ2v) is 13.6. The Morgan fingerprint density at radius 2 is 0.952 bits per heavy atom. The summed E-state index contributed by atoms with van der Waals surface area (Å²) in [4.78, 5) is 102. The van der Waals surface area contributed by atoms with Crippen LogP contribution in [0.5, 0.6) is 0 Å². The fourth-order valence-electron chi connectivity index (χ4n) is 6.46. The molecule has 0 amide bonds. The Bertz CT molecular complexity index is 1980. The molecule has 0 spiro atoms. The smallest absolute Gasteiger partial charge is 0.373 e. The van der Waals surface area contributed by atoms with Crippen molar-refractivity contribution in [3.05, 3.63) is 83.6 Å². The molecule has 3 aliphatic rings. The maximum atomic E-state index is 13.7. The molecular formula is C41H44O21. The van der Waals surface area contributed by atoms with E-state index in [-0.39, 0.29) is 11.1 Å². The maximum Gasteiger partial charge on any atom is 0.373 e. The number of ether oxygens (including phenoxy) is 13. The number of carbonyl (C=O) groups excluding carboxylic acids is 8. The zero-order valence-corrected chi connectivity index (χ0v) is 34.2. The lowest BCUT2D eigenvalue weighted by Crippen LogP contribution is -2.64. The van der Waals surface area contributed by atoms with Gasteiger partial charge in [0.05, 0.1) is 31.5 Å². The van der Waals surface area contributed by atoms with Crippen LogP contribution in [0.3, 0.4) is 0 Å². The van der Waals surface area contributed by atoms with Crippen molar-refractivity contribution in [3.63, 3.8) is 0 Å². The van der Waals surface area contributed by atoms with E-state index in [4.69, 9.17) is 61.6 Å². The van der Waals surface area contributed by atoms with Crippen molar-refractivity contribution in [2.24, 2.45) is 0 Å². The van der Waals surface area contributed by atoms with Crippen molar-refractivity contribution in [3.8, 4) is 0 Å². The van der Waals surface area contributed by atoms with E-state index >= 15 is 0 Å². The van der Waals surface area contributed by atoms with Crippen molar-refractivity contribution in [1.82, 2.24) is 0 Å². The number of methoxy groups -OCH3 is 1. The molecule has 2 aromatic carbocycles. The van der Waals surface area contributed by atoms with Crippen molar-refractivity contribution in [2.75, 3.05) is 20.3 Å². The summed E-state index contributed by atoms with van der Waals surface area (Å²) in [5.74, 6) is -7.88. The minimum Gasteiger partial charge on any atom is -0.463 e. The lowest BCUT2D eigenvalue weighted by atomic mass is 10.0. The molecule has 0 bridgehead atoms. The van der Waals surface area contributed by atoms with Gasteiger partial charge in [0.15, 0.2) is 36.8 Å². The zero-order chi connectivity index (χ0) is 45.1. The van der Waals surface area contributed by atoms with Crippen LogP contribution in [-0.4, -0.2) is 136 Å². The largest absolute Gasteiger partial charge is 0.463 e. The van der Waals surface area contributed by atoms with E-state index in [0.29, 0.717) is 0 Å². The third-order valence-corrected chi connectivity index (χ3v) is 8.91. The van der Waals surface area contributed by atoms with Crippen LogP contribution in [0.25, 0.3) is 0 Å². The van der Waals surface area contributed by atoms with Gasteiger partial charge in [-0.05, 0) is 24.3 Å². The second kappa shape index (κ2) is 21.4. The molecule has 2 fully saturated rings. The predicted molar refractivity (Wildman–Crippen MR) is 199 cm³/mol. The van der Waals surface area contributed by atoms with Crippen LogP contribution in [0.4, 0.5) is 0 Å². The summed E-state index contributed by atoms with van der Waals surface area (Å²) in [7, 11) is 1.03. The van der Waals surface area contributed by atoms with Crippen LogP contribution >= 0.6 is 0 Å². The molecule has 21 heteroatoms. The third kappa shape index (κ3) is 12.3. The molecular weight excluding hydrogens is 828 g/mol. The highest BCUT2D eigenvalue weighted by Crippen LogP contribution is 2.34. The van der Waals surface area contributed by atoms with E-state index in [0.717, 1.165) is 47.8 Å². The van der Waals surface area contributed by atoms with Crippen LogP contribution in [0.2, 0.25) is 0 Å². The number of hydrogen-bond donors (Lipinski definition) is 0. The van der Waals surface area contributed by atoms with Crippen LogP contribution in [0.15, 0.2) is 72.5 Å². The fraction of sp³-hybridized carbons (Fsp3) is 0.463. The quantitative estimate of drug-likeness (QED) is 0.193. The van der Waals surface area contributed by atoms with Crippen LogP contribution in [0.1, 0.15) is 55.3 Å². The van der Waals surface area contributed by atoms with Gasteiger partial charge in [0.25, 0.3) is 0 Å². The highest BCUT2D eigenvalue weighted by atomic mass is 16.8. The molecule has 3 aliphatic heterocycles. The number of esters is 8. The monoisotopic (exact) mass is 872 g/mol. The molecule has 5 rings (SSSR count). The summed E-state index contributed by atoms with van der Waals surface area (Å²) >= 11 is 0. The maximum absolute atomic E-state index is 13.7. The molecule has 0 unspecified atom stereocenters. The van der Waals surface area contributed by atoms with Gasteiger partial charge in [-0.3, -0.25) is 24.0 Å². The number of benzene rings is 2. The van der Waals surface area contributed by atoms with Gasteiger partial charge in [0.1, 0.15) is 6.10 Å². The van der Waals surface area contributed by atoms with Crippen LogP contribution in [-0.2, 0) is 90.3 Å². The number of carbonyl (C=O) groups is 8. The highest BCUT2D eigenvalue weighted by molar-refractivity contribution is 5.90. The van der Waals surface area contributed by atoms with Crippen molar-refractivity contribution < 1.29 is 99.9 Å². The Balaban J connectivity index is 1.59. The van der Waals surface area contributed by atoms with Gasteiger partial charge >= 0.3 is 47.8 Å². The molecule has 62 heavy (non-hydrogen) atoms. The first-order valence-corrected chi connectivity index (χ1v) is 18.9. The number of hydrogen-bond acceptors (Lipinski definition) is 21. The van der Waals surface area contributed by atoms with Crippen molar-refractivity contribution >= 4 is 47.8 Å². The van der Waals surface area contributed by atoms with Gasteiger partial charge in [-0.15, -0.1) is 0 Å². The molecule has 0 aromatic heterocycles. The van der Waals surface area contributed by atoms with Gasteiger partial charge in [0, 0.05) is 40.7 Å². The highest BCUT2D eigenvalue weighted by Gasteiger charge is 2.55. The molecule has 0 N–H and O–H groups in total. The molecule has 2 aromatic rings. The fourth-order valence-corrected chi connectivity index (χ4v) is 6.46. The molecule has 0 aliphatic carbocycles. The topological polar surface area (TPSA) is 257 Å². The normalized spacial score (nSPS) is 28.0. The molecule has 3 heterocycles. The molecule has 0 radical (unpaired) electrons. The Morgan fingerprint density at radius 1 is 0.468 bits per heavy atom. The lowest BCUT2D eigenvalue weighted by Gasteiger charge is -2.46. The summed E-state index contributed by atoms with van der Waals surface area (Å²) in [6, 6.07) is 15.4. The summed E-state index contributed by atoms with van der Waals surface area (Å²) in [6.07, 6.45) is -17.3. The predicted octanol–water partition coefficient (Wildman–Crippen LogP) is 1.62. The summed E-state index contributed by atoms with van der Waals surface area (Å²) in [5.41, 5.74) is 0.129. The molecule has 11 atom stereocenters. The van der Waals surface area contributed by atoms with Gasteiger partial charge in [-0.1, -0.05) is 36.4 Å². The van der Waals surface area contributed by atoms with Crippen LogP contribution < -0.4 is 0 Å². The summed E-state index contributed by atoms with van der Waals surface area (Å²) in [5, 5.41) is 0. The van der Waals surface area contributed by atoms with Crippen molar-refractivity contribution in [1.29, 1.82) is 0 Å². The van der Waals surface area contributed by atoms with Crippen LogP contribution in [0, 0.1) is 0 Å². The second-order valence-electron chi connectivity index (χ2n) is 13.6. The average Bonchev–Trinajstić information content (AvgIpc) is 3.22. The Labute approximate surface area is 353 Å². The van der Waals surface area contributed by atoms with Gasteiger partial charge in [-0.2, -0.15) is 0 Å². The van der Waals surface area contributed by atoms with Gasteiger partial charge in [-0.25, -0.2) is 14.4 Å². The number of rotatable bonds is 14. The SMILES string of the molecule is COC(=O)C1=C[C@H](OC(C)=O)[C@@H](OC(C)=O)[C@@H](O[C@H]2[C@H](O[C@@H]3CO[C@@H](OC(C)=O)[C@H](OC(=O)c4ccccc4)[C@H]3OC(=O)c3ccccc3)OC[C@@H](OC(C)=O)[C@@H]2OC(C)=O)O1. The van der Waals surface area contributed by atoms with E-state index in [9.17, 15) is 38.4 Å². The third-order valence-electron chi connectivity index (χ3n) is 8.91. The first-order chi connectivity index (χ1) is 29.5. The van der Waals surface area contributed by atoms with E-state index in [1.807, 2.05) is 0 Å². The summed E-state index contributed by atoms with van der Waals surface area (Å²) in [6.45, 7) is 4.18.